The van der Waals surface area contributed by atoms with Crippen LogP contribution in [0.5, 0.6) is 0 Å². The van der Waals surface area contributed by atoms with E-state index in [2.05, 4.69) is 21.2 Å². The molecule has 2 rings (SSSR count). The summed E-state index contributed by atoms with van der Waals surface area (Å²) in [5.74, 6) is -0.0417. The summed E-state index contributed by atoms with van der Waals surface area (Å²) in [7, 11) is 0. The van der Waals surface area contributed by atoms with Crippen LogP contribution in [0.3, 0.4) is 0 Å². The number of benzene rings is 1. The third kappa shape index (κ3) is 2.44. The predicted octanol–water partition coefficient (Wildman–Crippen LogP) is 2.12. The maximum atomic E-state index is 11.7. The molecule has 4 heteroatoms. The highest BCUT2D eigenvalue weighted by Gasteiger charge is 2.46. The van der Waals surface area contributed by atoms with Crippen LogP contribution in [0.25, 0.3) is 0 Å². The van der Waals surface area contributed by atoms with E-state index in [1.165, 1.54) is 0 Å². The van der Waals surface area contributed by atoms with E-state index in [0.717, 1.165) is 22.9 Å². The largest absolute Gasteiger partial charge is 0.348 e. The van der Waals surface area contributed by atoms with Crippen molar-refractivity contribution in [3.8, 4) is 0 Å². The summed E-state index contributed by atoms with van der Waals surface area (Å²) in [6.07, 6.45) is 1.59. The van der Waals surface area contributed by atoms with Gasteiger partial charge in [0.15, 0.2) is 0 Å². The second-order valence-electron chi connectivity index (χ2n) is 4.41. The summed E-state index contributed by atoms with van der Waals surface area (Å²) in [5, 5.41) is 2.94. The summed E-state index contributed by atoms with van der Waals surface area (Å²) >= 11 is 3.41. The van der Waals surface area contributed by atoms with Crippen molar-refractivity contribution in [3.63, 3.8) is 0 Å². The number of rotatable bonds is 3. The lowest BCUT2D eigenvalue weighted by atomic mass is 10.1. The Morgan fingerprint density at radius 1 is 1.56 bits per heavy atom. The summed E-state index contributed by atoms with van der Waals surface area (Å²) in [5.41, 5.74) is 6.30. The monoisotopic (exact) mass is 282 g/mol. The first-order valence-corrected chi connectivity index (χ1v) is 6.16. The van der Waals surface area contributed by atoms with Crippen LogP contribution in [-0.2, 0) is 4.79 Å². The van der Waals surface area contributed by atoms with Crippen molar-refractivity contribution >= 4 is 21.8 Å². The predicted molar refractivity (Wildman–Crippen MR) is 66.9 cm³/mol. The fraction of sp³-hybridized carbons (Fsp3) is 0.417. The van der Waals surface area contributed by atoms with Crippen LogP contribution in [0, 0.1) is 0 Å². The van der Waals surface area contributed by atoms with Crippen LogP contribution in [0.15, 0.2) is 28.7 Å². The van der Waals surface area contributed by atoms with Gasteiger partial charge in [0.05, 0.1) is 11.6 Å². The lowest BCUT2D eigenvalue weighted by molar-refractivity contribution is -0.123. The number of nitrogens with one attached hydrogen (secondary N) is 1. The minimum absolute atomic E-state index is 0.00831. The zero-order chi connectivity index (χ0) is 11.8. The van der Waals surface area contributed by atoms with E-state index in [1.54, 1.807) is 0 Å². The van der Waals surface area contributed by atoms with Gasteiger partial charge in [-0.3, -0.25) is 4.79 Å². The van der Waals surface area contributed by atoms with Gasteiger partial charge in [-0.15, -0.1) is 0 Å². The molecular formula is C12H15BrN2O. The molecule has 1 amide bonds. The molecule has 0 radical (unpaired) electrons. The van der Waals surface area contributed by atoms with Crippen LogP contribution < -0.4 is 11.1 Å². The van der Waals surface area contributed by atoms with Gasteiger partial charge in [-0.1, -0.05) is 28.1 Å². The lowest BCUT2D eigenvalue weighted by Crippen LogP contribution is -2.43. The first-order chi connectivity index (χ1) is 7.51. The van der Waals surface area contributed by atoms with Crippen LogP contribution in [-0.4, -0.2) is 11.4 Å². The van der Waals surface area contributed by atoms with Gasteiger partial charge >= 0.3 is 0 Å². The minimum atomic E-state index is -0.597. The molecule has 0 aromatic heterocycles. The Hall–Kier alpha value is -0.870. The summed E-state index contributed by atoms with van der Waals surface area (Å²) in [4.78, 5) is 11.7. The third-order valence-electron chi connectivity index (χ3n) is 2.94. The van der Waals surface area contributed by atoms with Gasteiger partial charge in [-0.2, -0.15) is 0 Å². The highest BCUT2D eigenvalue weighted by molar-refractivity contribution is 9.10. The van der Waals surface area contributed by atoms with E-state index in [9.17, 15) is 4.79 Å². The number of nitrogens with two attached hydrogens (primary N) is 1. The molecule has 1 aliphatic carbocycles. The summed E-state index contributed by atoms with van der Waals surface area (Å²) < 4.78 is 1.01. The molecule has 1 aromatic carbocycles. The number of halogens is 1. The molecule has 0 bridgehead atoms. The van der Waals surface area contributed by atoms with Crippen molar-refractivity contribution in [2.24, 2.45) is 5.73 Å². The molecular weight excluding hydrogens is 268 g/mol. The Balaban J connectivity index is 2.03. The Bertz CT molecular complexity index is 415. The number of hydrogen-bond donors (Lipinski definition) is 2. The zero-order valence-corrected chi connectivity index (χ0v) is 10.8. The van der Waals surface area contributed by atoms with E-state index in [0.29, 0.717) is 0 Å². The van der Waals surface area contributed by atoms with E-state index < -0.39 is 5.54 Å². The average Bonchev–Trinajstić information content (AvgIpc) is 2.98. The maximum absolute atomic E-state index is 11.7. The van der Waals surface area contributed by atoms with Crippen molar-refractivity contribution < 1.29 is 4.79 Å². The molecule has 16 heavy (non-hydrogen) atoms. The fourth-order valence-corrected chi connectivity index (χ4v) is 1.98. The Morgan fingerprint density at radius 2 is 2.25 bits per heavy atom. The van der Waals surface area contributed by atoms with E-state index in [1.807, 2.05) is 31.2 Å². The number of hydrogen-bond acceptors (Lipinski definition) is 2. The minimum Gasteiger partial charge on any atom is -0.348 e. The van der Waals surface area contributed by atoms with Gasteiger partial charge in [0.1, 0.15) is 0 Å². The average molecular weight is 283 g/mol. The molecule has 1 aliphatic rings. The molecule has 1 aromatic rings. The third-order valence-corrected chi connectivity index (χ3v) is 3.43. The number of carbonyl (C=O) groups is 1. The molecule has 1 atom stereocenters. The van der Waals surface area contributed by atoms with E-state index in [-0.39, 0.29) is 11.9 Å². The van der Waals surface area contributed by atoms with E-state index >= 15 is 0 Å². The van der Waals surface area contributed by atoms with Crippen LogP contribution >= 0.6 is 15.9 Å². The molecule has 0 saturated heterocycles. The van der Waals surface area contributed by atoms with Gasteiger partial charge in [0, 0.05) is 4.47 Å². The Kier molecular flexibility index (Phi) is 3.04. The summed E-state index contributed by atoms with van der Waals surface area (Å²) in [6.45, 7) is 1.96. The molecule has 1 fully saturated rings. The smallest absolute Gasteiger partial charge is 0.240 e. The Morgan fingerprint density at radius 3 is 2.81 bits per heavy atom. The molecule has 1 saturated carbocycles. The number of carbonyl (C=O) groups excluding carboxylic acids is 1. The highest BCUT2D eigenvalue weighted by atomic mass is 79.9. The van der Waals surface area contributed by atoms with Crippen molar-refractivity contribution in [2.75, 3.05) is 0 Å². The van der Waals surface area contributed by atoms with Gasteiger partial charge < -0.3 is 11.1 Å². The molecule has 3 N–H and O–H groups in total. The zero-order valence-electron chi connectivity index (χ0n) is 9.16. The van der Waals surface area contributed by atoms with Crippen LogP contribution in [0.2, 0.25) is 0 Å². The van der Waals surface area contributed by atoms with Gasteiger partial charge in [-0.25, -0.2) is 0 Å². The lowest BCUT2D eigenvalue weighted by Gasteiger charge is -2.17. The first-order valence-electron chi connectivity index (χ1n) is 5.36. The van der Waals surface area contributed by atoms with Crippen LogP contribution in [0.4, 0.5) is 0 Å². The molecule has 0 aliphatic heterocycles. The van der Waals surface area contributed by atoms with E-state index in [4.69, 9.17) is 5.73 Å². The molecule has 0 heterocycles. The first kappa shape index (κ1) is 11.6. The topological polar surface area (TPSA) is 55.1 Å². The molecule has 1 unspecified atom stereocenters. The van der Waals surface area contributed by atoms with Crippen LogP contribution in [0.1, 0.15) is 31.4 Å². The van der Waals surface area contributed by atoms with Gasteiger partial charge in [-0.05, 0) is 37.5 Å². The molecule has 0 spiro atoms. The maximum Gasteiger partial charge on any atom is 0.240 e. The highest BCUT2D eigenvalue weighted by Crippen LogP contribution is 2.33. The van der Waals surface area contributed by atoms with Crippen molar-refractivity contribution in [3.05, 3.63) is 34.3 Å². The fourth-order valence-electron chi connectivity index (χ4n) is 1.56. The second kappa shape index (κ2) is 4.18. The normalized spacial score (nSPS) is 18.9. The SMILES string of the molecule is CC(NC(=O)C1(N)CC1)c1cccc(Br)c1. The second-order valence-corrected chi connectivity index (χ2v) is 5.32. The van der Waals surface area contributed by atoms with Gasteiger partial charge in [0.25, 0.3) is 0 Å². The quantitative estimate of drug-likeness (QED) is 0.892. The standard InChI is InChI=1S/C12H15BrN2O/c1-8(9-3-2-4-10(13)7-9)15-11(16)12(14)5-6-12/h2-4,7-8H,5-6,14H2,1H3,(H,15,16). The Labute approximate surface area is 104 Å². The van der Waals surface area contributed by atoms with Crippen molar-refractivity contribution in [1.82, 2.24) is 5.32 Å². The summed E-state index contributed by atoms with van der Waals surface area (Å²) in [6, 6.07) is 7.90. The van der Waals surface area contributed by atoms with Crippen molar-refractivity contribution in [1.29, 1.82) is 0 Å². The molecule has 86 valence electrons. The molecule has 3 nitrogen and oxygen atoms in total. The van der Waals surface area contributed by atoms with Gasteiger partial charge in [0.2, 0.25) is 5.91 Å². The van der Waals surface area contributed by atoms with Crippen molar-refractivity contribution in [2.45, 2.75) is 31.3 Å². The number of amides is 1.